The molecule has 2 saturated heterocycles. The lowest BCUT2D eigenvalue weighted by atomic mass is 9.96. The van der Waals surface area contributed by atoms with E-state index in [0.717, 1.165) is 57.8 Å². The Kier molecular flexibility index (Phi) is 10.3. The molecule has 3 rings (SSSR count). The van der Waals surface area contributed by atoms with Gasteiger partial charge in [-0.05, 0) is 57.2 Å². The molecular weight excluding hydrogens is 371 g/mol. The van der Waals surface area contributed by atoms with Crippen LogP contribution in [0.1, 0.15) is 39.0 Å². The molecule has 1 amide bonds. The molecule has 7 heteroatoms. The number of pyridine rings is 1. The third-order valence-electron chi connectivity index (χ3n) is 5.38. The first-order valence-corrected chi connectivity index (χ1v) is 9.43. The van der Waals surface area contributed by atoms with Gasteiger partial charge in [0.05, 0.1) is 0 Å². The van der Waals surface area contributed by atoms with Crippen molar-refractivity contribution in [3.63, 3.8) is 0 Å². The number of halogens is 2. The average Bonchev–Trinajstić information content (AvgIpc) is 3.14. The third-order valence-corrected chi connectivity index (χ3v) is 5.38. The molecule has 26 heavy (non-hydrogen) atoms. The molecule has 0 aromatic carbocycles. The molecular formula is C19H32Cl2N4O. The maximum absolute atomic E-state index is 12.6. The SMILES string of the molecule is CCN(CC1CCN(c2ccccn2)CC1)C(=O)CC1CCCN1.Cl.Cl. The predicted molar refractivity (Wildman–Crippen MR) is 112 cm³/mol. The van der Waals surface area contributed by atoms with E-state index in [1.54, 1.807) is 0 Å². The number of anilines is 1. The van der Waals surface area contributed by atoms with E-state index in [-0.39, 0.29) is 24.8 Å². The number of nitrogens with one attached hydrogen (secondary N) is 1. The molecule has 2 aliphatic rings. The highest BCUT2D eigenvalue weighted by Gasteiger charge is 2.25. The first-order valence-electron chi connectivity index (χ1n) is 9.43. The molecule has 1 N–H and O–H groups in total. The first-order chi connectivity index (χ1) is 11.8. The number of piperidine rings is 1. The van der Waals surface area contributed by atoms with Crippen LogP contribution in [0.2, 0.25) is 0 Å². The van der Waals surface area contributed by atoms with Gasteiger partial charge in [-0.1, -0.05) is 6.07 Å². The van der Waals surface area contributed by atoms with Crippen molar-refractivity contribution in [1.29, 1.82) is 0 Å². The Balaban J connectivity index is 0.00000169. The van der Waals surface area contributed by atoms with Gasteiger partial charge in [-0.3, -0.25) is 4.79 Å². The zero-order chi connectivity index (χ0) is 16.8. The second-order valence-corrected chi connectivity index (χ2v) is 7.05. The van der Waals surface area contributed by atoms with E-state index in [1.807, 2.05) is 18.3 Å². The summed E-state index contributed by atoms with van der Waals surface area (Å²) in [6.45, 7) is 6.98. The van der Waals surface area contributed by atoms with Crippen molar-refractivity contribution in [3.8, 4) is 0 Å². The van der Waals surface area contributed by atoms with E-state index in [4.69, 9.17) is 0 Å². The molecule has 1 aromatic heterocycles. The maximum atomic E-state index is 12.6. The molecule has 2 aliphatic heterocycles. The van der Waals surface area contributed by atoms with Gasteiger partial charge in [0.1, 0.15) is 5.82 Å². The van der Waals surface area contributed by atoms with Crippen LogP contribution < -0.4 is 10.2 Å². The van der Waals surface area contributed by atoms with Crippen molar-refractivity contribution in [2.75, 3.05) is 37.6 Å². The van der Waals surface area contributed by atoms with Crippen LogP contribution in [-0.4, -0.2) is 54.6 Å². The summed E-state index contributed by atoms with van der Waals surface area (Å²) >= 11 is 0. The van der Waals surface area contributed by atoms with Gasteiger partial charge in [-0.2, -0.15) is 0 Å². The number of aromatic nitrogens is 1. The molecule has 148 valence electrons. The number of carbonyl (C=O) groups excluding carboxylic acids is 1. The Labute approximate surface area is 169 Å². The van der Waals surface area contributed by atoms with Crippen LogP contribution in [0.15, 0.2) is 24.4 Å². The van der Waals surface area contributed by atoms with E-state index in [9.17, 15) is 4.79 Å². The summed E-state index contributed by atoms with van der Waals surface area (Å²) in [5.41, 5.74) is 0. The van der Waals surface area contributed by atoms with E-state index in [2.05, 4.69) is 33.1 Å². The van der Waals surface area contributed by atoms with Crippen LogP contribution in [0, 0.1) is 5.92 Å². The van der Waals surface area contributed by atoms with Crippen LogP contribution in [0.4, 0.5) is 5.82 Å². The van der Waals surface area contributed by atoms with Crippen LogP contribution in [0.5, 0.6) is 0 Å². The summed E-state index contributed by atoms with van der Waals surface area (Å²) in [6, 6.07) is 6.48. The number of nitrogens with zero attached hydrogens (tertiary/aromatic N) is 3. The molecule has 2 fully saturated rings. The molecule has 5 nitrogen and oxygen atoms in total. The van der Waals surface area contributed by atoms with Crippen LogP contribution in [0.25, 0.3) is 0 Å². The molecule has 0 radical (unpaired) electrons. The van der Waals surface area contributed by atoms with Crippen molar-refractivity contribution >= 4 is 36.5 Å². The van der Waals surface area contributed by atoms with Gasteiger partial charge >= 0.3 is 0 Å². The fraction of sp³-hybridized carbons (Fsp3) is 0.684. The number of amides is 1. The van der Waals surface area contributed by atoms with Crippen molar-refractivity contribution in [2.45, 2.75) is 45.1 Å². The van der Waals surface area contributed by atoms with Crippen molar-refractivity contribution in [2.24, 2.45) is 5.92 Å². The van der Waals surface area contributed by atoms with Gasteiger partial charge in [-0.15, -0.1) is 24.8 Å². The zero-order valence-corrected chi connectivity index (χ0v) is 17.2. The average molecular weight is 403 g/mol. The molecule has 1 aromatic rings. The lowest BCUT2D eigenvalue weighted by Gasteiger charge is -2.35. The summed E-state index contributed by atoms with van der Waals surface area (Å²) in [5, 5.41) is 3.43. The Morgan fingerprint density at radius 2 is 2.04 bits per heavy atom. The van der Waals surface area contributed by atoms with Crippen molar-refractivity contribution in [1.82, 2.24) is 15.2 Å². The van der Waals surface area contributed by atoms with E-state index >= 15 is 0 Å². The van der Waals surface area contributed by atoms with Gasteiger partial charge in [0.2, 0.25) is 5.91 Å². The fourth-order valence-electron chi connectivity index (χ4n) is 3.88. The van der Waals surface area contributed by atoms with E-state index in [1.165, 1.54) is 6.42 Å². The normalized spacial score (nSPS) is 20.2. The van der Waals surface area contributed by atoms with Crippen LogP contribution in [0.3, 0.4) is 0 Å². The minimum atomic E-state index is 0. The highest BCUT2D eigenvalue weighted by molar-refractivity contribution is 5.85. The van der Waals surface area contributed by atoms with Crippen LogP contribution in [-0.2, 0) is 4.79 Å². The Bertz CT molecular complexity index is 518. The molecule has 0 spiro atoms. The smallest absolute Gasteiger partial charge is 0.224 e. The molecule has 1 unspecified atom stereocenters. The third kappa shape index (κ3) is 6.29. The van der Waals surface area contributed by atoms with E-state index < -0.39 is 0 Å². The fourth-order valence-corrected chi connectivity index (χ4v) is 3.88. The number of rotatable bonds is 6. The summed E-state index contributed by atoms with van der Waals surface area (Å²) < 4.78 is 0. The Hall–Kier alpha value is -1.04. The predicted octanol–water partition coefficient (Wildman–Crippen LogP) is 3.13. The largest absolute Gasteiger partial charge is 0.357 e. The van der Waals surface area contributed by atoms with Crippen molar-refractivity contribution in [3.05, 3.63) is 24.4 Å². The second kappa shape index (κ2) is 11.6. The van der Waals surface area contributed by atoms with Crippen molar-refractivity contribution < 1.29 is 4.79 Å². The topological polar surface area (TPSA) is 48.5 Å². The highest BCUT2D eigenvalue weighted by atomic mass is 35.5. The first kappa shape index (κ1) is 23.0. The number of carbonyl (C=O) groups is 1. The molecule has 0 saturated carbocycles. The van der Waals surface area contributed by atoms with Gasteiger partial charge < -0.3 is 15.1 Å². The van der Waals surface area contributed by atoms with Crippen LogP contribution >= 0.6 is 24.8 Å². The van der Waals surface area contributed by atoms with Gasteiger partial charge in [0, 0.05) is 44.8 Å². The Morgan fingerprint density at radius 1 is 1.27 bits per heavy atom. The van der Waals surface area contributed by atoms with Gasteiger partial charge in [0.25, 0.3) is 0 Å². The summed E-state index contributed by atoms with van der Waals surface area (Å²) in [7, 11) is 0. The Morgan fingerprint density at radius 3 is 2.62 bits per heavy atom. The number of hydrogen-bond acceptors (Lipinski definition) is 4. The summed E-state index contributed by atoms with van der Waals surface area (Å²) in [6.07, 6.45) is 7.16. The van der Waals surface area contributed by atoms with Gasteiger partial charge in [-0.25, -0.2) is 4.98 Å². The minimum Gasteiger partial charge on any atom is -0.357 e. The zero-order valence-electron chi connectivity index (χ0n) is 15.6. The number of hydrogen-bond donors (Lipinski definition) is 1. The highest BCUT2D eigenvalue weighted by Crippen LogP contribution is 2.23. The summed E-state index contributed by atoms with van der Waals surface area (Å²) in [4.78, 5) is 21.4. The molecule has 3 heterocycles. The molecule has 0 bridgehead atoms. The molecule has 0 aliphatic carbocycles. The second-order valence-electron chi connectivity index (χ2n) is 7.05. The lowest BCUT2D eigenvalue weighted by Crippen LogP contribution is -2.42. The monoisotopic (exact) mass is 402 g/mol. The van der Waals surface area contributed by atoms with Gasteiger partial charge in [0.15, 0.2) is 0 Å². The maximum Gasteiger partial charge on any atom is 0.224 e. The standard InChI is InChI=1S/C19H30N4O.2ClH/c1-2-22(19(24)14-17-6-5-11-20-17)15-16-8-12-23(13-9-16)18-7-3-4-10-21-18;;/h3-4,7,10,16-17,20H,2,5-6,8-9,11-15H2,1H3;2*1H. The minimum absolute atomic E-state index is 0. The quantitative estimate of drug-likeness (QED) is 0.793. The van der Waals surface area contributed by atoms with E-state index in [0.29, 0.717) is 24.3 Å². The summed E-state index contributed by atoms with van der Waals surface area (Å²) in [5.74, 6) is 2.01. The molecule has 1 atom stereocenters. The lowest BCUT2D eigenvalue weighted by molar-refractivity contribution is -0.132.